The Hall–Kier alpha value is -1.40. The van der Waals surface area contributed by atoms with E-state index in [-0.39, 0.29) is 10.6 Å². The smallest absolute Gasteiger partial charge is 0.308 e. The minimum Gasteiger partial charge on any atom is -0.425 e. The molecule has 0 saturated heterocycles. The molecule has 6 heteroatoms. The normalized spacial score (nSPS) is 11.4. The second kappa shape index (κ2) is 9.67. The molecule has 23 heavy (non-hydrogen) atoms. The van der Waals surface area contributed by atoms with Gasteiger partial charge in [0.15, 0.2) is 5.75 Å². The Morgan fingerprint density at radius 1 is 1.09 bits per heavy atom. The van der Waals surface area contributed by atoms with Gasteiger partial charge in [0, 0.05) is 6.92 Å². The Morgan fingerprint density at radius 3 is 2.26 bits per heavy atom. The molecule has 0 aliphatic carbocycles. The third-order valence-electron chi connectivity index (χ3n) is 3.61. The van der Waals surface area contributed by atoms with Crippen LogP contribution in [0, 0.1) is 0 Å². The predicted molar refractivity (Wildman–Crippen MR) is 89.3 cm³/mol. The summed E-state index contributed by atoms with van der Waals surface area (Å²) in [6, 6.07) is 4.52. The minimum atomic E-state index is -4.42. The van der Waals surface area contributed by atoms with Gasteiger partial charge in [-0.3, -0.25) is 9.35 Å². The zero-order valence-electron chi connectivity index (χ0n) is 13.9. The summed E-state index contributed by atoms with van der Waals surface area (Å²) in [6.07, 6.45) is 8.96. The second-order valence-corrected chi connectivity index (χ2v) is 7.11. The van der Waals surface area contributed by atoms with Gasteiger partial charge in [-0.1, -0.05) is 51.5 Å². The molecule has 0 radical (unpaired) electrons. The molecule has 1 aromatic carbocycles. The maximum Gasteiger partial charge on any atom is 0.308 e. The summed E-state index contributed by atoms with van der Waals surface area (Å²) in [4.78, 5) is 10.6. The Balaban J connectivity index is 2.62. The molecule has 0 fully saturated rings. The van der Waals surface area contributed by atoms with Gasteiger partial charge in [-0.2, -0.15) is 8.42 Å². The molecule has 0 aliphatic rings. The van der Waals surface area contributed by atoms with Crippen molar-refractivity contribution >= 4 is 16.1 Å². The van der Waals surface area contributed by atoms with E-state index in [1.54, 1.807) is 6.07 Å². The van der Waals surface area contributed by atoms with E-state index in [0.29, 0.717) is 0 Å². The van der Waals surface area contributed by atoms with Crippen LogP contribution >= 0.6 is 0 Å². The van der Waals surface area contributed by atoms with Crippen molar-refractivity contribution in [3.8, 4) is 5.75 Å². The average molecular weight is 342 g/mol. The van der Waals surface area contributed by atoms with Gasteiger partial charge in [0.05, 0.1) is 0 Å². The van der Waals surface area contributed by atoms with Gasteiger partial charge in [0.1, 0.15) is 4.90 Å². The predicted octanol–water partition coefficient (Wildman–Crippen LogP) is 4.15. The van der Waals surface area contributed by atoms with Crippen molar-refractivity contribution in [1.82, 2.24) is 0 Å². The lowest BCUT2D eigenvalue weighted by Gasteiger charge is -2.09. The molecule has 0 bridgehead atoms. The van der Waals surface area contributed by atoms with Crippen LogP contribution in [0.15, 0.2) is 23.1 Å². The highest BCUT2D eigenvalue weighted by atomic mass is 32.2. The van der Waals surface area contributed by atoms with Crippen molar-refractivity contribution in [2.45, 2.75) is 70.1 Å². The first kappa shape index (κ1) is 19.6. The molecule has 130 valence electrons. The molecule has 1 N–H and O–H groups in total. The zero-order chi connectivity index (χ0) is 17.3. The molecular weight excluding hydrogens is 316 g/mol. The van der Waals surface area contributed by atoms with E-state index in [2.05, 4.69) is 6.92 Å². The molecule has 0 aromatic heterocycles. The van der Waals surface area contributed by atoms with Gasteiger partial charge in [0.25, 0.3) is 10.1 Å². The molecule has 5 nitrogen and oxygen atoms in total. The van der Waals surface area contributed by atoms with E-state index < -0.39 is 16.1 Å². The van der Waals surface area contributed by atoms with Crippen LogP contribution < -0.4 is 4.74 Å². The van der Waals surface area contributed by atoms with Gasteiger partial charge in [-0.05, 0) is 30.5 Å². The summed E-state index contributed by atoms with van der Waals surface area (Å²) in [5.41, 5.74) is 0.807. The molecular formula is C17H26O5S. The van der Waals surface area contributed by atoms with Gasteiger partial charge < -0.3 is 4.74 Å². The van der Waals surface area contributed by atoms with E-state index in [9.17, 15) is 17.8 Å². The topological polar surface area (TPSA) is 80.7 Å². The maximum absolute atomic E-state index is 11.4. The number of unbranched alkanes of at least 4 members (excludes halogenated alkanes) is 6. The summed E-state index contributed by atoms with van der Waals surface area (Å²) in [7, 11) is -4.42. The number of rotatable bonds is 10. The van der Waals surface area contributed by atoms with Crippen LogP contribution in [0.25, 0.3) is 0 Å². The van der Waals surface area contributed by atoms with Gasteiger partial charge in [0.2, 0.25) is 0 Å². The lowest BCUT2D eigenvalue weighted by Crippen LogP contribution is -2.08. The Labute approximate surface area is 138 Å². The van der Waals surface area contributed by atoms with Crippen LogP contribution in [0.1, 0.15) is 64.4 Å². The molecule has 1 aromatic rings. The van der Waals surface area contributed by atoms with Crippen LogP contribution in [0.3, 0.4) is 0 Å². The van der Waals surface area contributed by atoms with E-state index in [1.807, 2.05) is 0 Å². The first-order chi connectivity index (χ1) is 10.8. The number of benzene rings is 1. The number of esters is 1. The number of carbonyl (C=O) groups excluding carboxylic acids is 1. The average Bonchev–Trinajstić information content (AvgIpc) is 2.46. The van der Waals surface area contributed by atoms with Crippen LogP contribution in [-0.4, -0.2) is 18.9 Å². The lowest BCUT2D eigenvalue weighted by molar-refractivity contribution is -0.132. The largest absolute Gasteiger partial charge is 0.425 e. The van der Waals surface area contributed by atoms with Crippen molar-refractivity contribution in [1.29, 1.82) is 0 Å². The molecule has 0 amide bonds. The fourth-order valence-electron chi connectivity index (χ4n) is 2.43. The Morgan fingerprint density at radius 2 is 1.70 bits per heavy atom. The third kappa shape index (κ3) is 7.61. The van der Waals surface area contributed by atoms with Crippen molar-refractivity contribution in [2.24, 2.45) is 0 Å². The monoisotopic (exact) mass is 342 g/mol. The summed E-state index contributed by atoms with van der Waals surface area (Å²) in [5.74, 6) is -0.766. The zero-order valence-corrected chi connectivity index (χ0v) is 14.7. The van der Waals surface area contributed by atoms with Crippen molar-refractivity contribution < 1.29 is 22.5 Å². The van der Waals surface area contributed by atoms with Gasteiger partial charge in [-0.15, -0.1) is 0 Å². The SMILES string of the molecule is CCCCCCCCCc1ccc(OC(C)=O)c(S(=O)(=O)O)c1. The van der Waals surface area contributed by atoms with Crippen molar-refractivity contribution in [3.05, 3.63) is 23.8 Å². The summed E-state index contributed by atoms with van der Waals surface area (Å²) in [5, 5.41) is 0. The Kier molecular flexibility index (Phi) is 8.26. The van der Waals surface area contributed by atoms with Crippen LogP contribution in [0.4, 0.5) is 0 Å². The van der Waals surface area contributed by atoms with E-state index in [1.165, 1.54) is 51.2 Å². The van der Waals surface area contributed by atoms with Gasteiger partial charge in [-0.25, -0.2) is 0 Å². The highest BCUT2D eigenvalue weighted by molar-refractivity contribution is 7.86. The molecule has 1 rings (SSSR count). The molecule has 0 heterocycles. The van der Waals surface area contributed by atoms with Crippen LogP contribution in [0.2, 0.25) is 0 Å². The molecule has 0 atom stereocenters. The highest BCUT2D eigenvalue weighted by Crippen LogP contribution is 2.26. The lowest BCUT2D eigenvalue weighted by atomic mass is 10.0. The fraction of sp³-hybridized carbons (Fsp3) is 0.588. The number of hydrogen-bond acceptors (Lipinski definition) is 4. The van der Waals surface area contributed by atoms with E-state index in [4.69, 9.17) is 4.74 Å². The summed E-state index contributed by atoms with van der Waals surface area (Å²) >= 11 is 0. The molecule has 0 aliphatic heterocycles. The van der Waals surface area contributed by atoms with Crippen LogP contribution in [-0.2, 0) is 21.3 Å². The first-order valence-electron chi connectivity index (χ1n) is 8.13. The second-order valence-electron chi connectivity index (χ2n) is 5.72. The quantitative estimate of drug-likeness (QED) is 0.299. The number of ether oxygens (including phenoxy) is 1. The maximum atomic E-state index is 11.4. The number of aryl methyl sites for hydroxylation is 1. The van der Waals surface area contributed by atoms with E-state index >= 15 is 0 Å². The fourth-order valence-corrected chi connectivity index (χ4v) is 3.10. The molecule has 0 saturated carbocycles. The number of hydrogen-bond donors (Lipinski definition) is 1. The molecule has 0 spiro atoms. The highest BCUT2D eigenvalue weighted by Gasteiger charge is 2.18. The summed E-state index contributed by atoms with van der Waals surface area (Å²) < 4.78 is 37.0. The third-order valence-corrected chi connectivity index (χ3v) is 4.48. The van der Waals surface area contributed by atoms with Crippen molar-refractivity contribution in [3.63, 3.8) is 0 Å². The summed E-state index contributed by atoms with van der Waals surface area (Å²) in [6.45, 7) is 3.37. The molecule has 0 unspecified atom stereocenters. The standard InChI is InChI=1S/C17H26O5S/c1-3-4-5-6-7-8-9-10-15-11-12-16(22-14(2)18)17(13-15)23(19,20)21/h11-13H,3-10H2,1-2H3,(H,19,20,21). The Bertz CT molecular complexity index is 607. The number of carbonyl (C=O) groups is 1. The minimum absolute atomic E-state index is 0.136. The van der Waals surface area contributed by atoms with E-state index in [0.717, 1.165) is 24.8 Å². The first-order valence-corrected chi connectivity index (χ1v) is 9.57. The van der Waals surface area contributed by atoms with Crippen molar-refractivity contribution in [2.75, 3.05) is 0 Å². The van der Waals surface area contributed by atoms with Crippen LogP contribution in [0.5, 0.6) is 5.75 Å². The van der Waals surface area contributed by atoms with Gasteiger partial charge >= 0.3 is 5.97 Å².